The van der Waals surface area contributed by atoms with Gasteiger partial charge in [0.25, 0.3) is 5.91 Å². The van der Waals surface area contributed by atoms with Crippen LogP contribution in [0.15, 0.2) is 96.2 Å². The van der Waals surface area contributed by atoms with Crippen LogP contribution < -0.4 is 16.0 Å². The SMILES string of the molecule is O=C1CCC(N2Cc3cc(C#CCCNCCOCCOCCn4cc(-c5ccc(Nc6ncc7c(n6)-c6ccc(Cl)cc6C(c6c(F)cccc6F)=NC7)cc5)nn4)ccc3C2=O)C(=O)N1. The first-order valence-electron chi connectivity index (χ1n) is 21.7. The fourth-order valence-corrected chi connectivity index (χ4v) is 8.20. The highest BCUT2D eigenvalue weighted by atomic mass is 35.5. The molecule has 2 aromatic heterocycles. The molecule has 5 heterocycles. The topological polar surface area (TPSA) is 178 Å². The highest BCUT2D eigenvalue weighted by molar-refractivity contribution is 6.31. The molecule has 9 rings (SSSR count). The standard InChI is InChI=1S/C49H43ClF2N10O5/c50-34-10-14-37-38(25-34)46(44-39(51)5-3-6-40(44)52)54-26-33-27-55-49(58-45(33)37)56-35-11-8-31(9-12-35)41-29-61(60-59-41)19-21-67-23-22-66-20-18-53-17-2-1-4-30-7-13-36-32(24-30)28-62(48(36)65)42-15-16-43(63)57-47(42)64/h3,5-14,24-25,27,29,42,53H,2,15-23,26,28H2,(H,55,56,58)(H,57,63,64). The van der Waals surface area contributed by atoms with Gasteiger partial charge in [-0.05, 0) is 66.6 Å². The number of carbonyl (C=O) groups is 3. The second-order valence-electron chi connectivity index (χ2n) is 15.9. The number of nitrogens with one attached hydrogen (secondary N) is 3. The van der Waals surface area contributed by atoms with Crippen LogP contribution in [0.4, 0.5) is 20.4 Å². The van der Waals surface area contributed by atoms with Gasteiger partial charge in [-0.25, -0.2) is 23.4 Å². The fourth-order valence-electron chi connectivity index (χ4n) is 8.03. The number of imide groups is 1. The van der Waals surface area contributed by atoms with Crippen molar-refractivity contribution in [3.63, 3.8) is 0 Å². The first-order chi connectivity index (χ1) is 32.7. The number of anilines is 2. The summed E-state index contributed by atoms with van der Waals surface area (Å²) in [6.45, 7) is 4.19. The maximum absolute atomic E-state index is 14.9. The van der Waals surface area contributed by atoms with Crippen LogP contribution in [0.5, 0.6) is 0 Å². The van der Waals surface area contributed by atoms with Crippen LogP contribution in [0.25, 0.3) is 22.5 Å². The number of halogens is 3. The van der Waals surface area contributed by atoms with Gasteiger partial charge in [0.05, 0.1) is 62.7 Å². The van der Waals surface area contributed by atoms with E-state index in [1.807, 2.05) is 42.6 Å². The van der Waals surface area contributed by atoms with Gasteiger partial charge in [-0.15, -0.1) is 5.10 Å². The number of ether oxygens (including phenoxy) is 2. The summed E-state index contributed by atoms with van der Waals surface area (Å²) >= 11 is 6.36. The number of hydrogen-bond donors (Lipinski definition) is 3. The van der Waals surface area contributed by atoms with E-state index in [2.05, 4.69) is 48.1 Å². The molecule has 67 heavy (non-hydrogen) atoms. The number of nitrogens with zero attached hydrogens (tertiary/aromatic N) is 7. The summed E-state index contributed by atoms with van der Waals surface area (Å²) in [7, 11) is 0. The van der Waals surface area contributed by atoms with Crippen LogP contribution in [0, 0.1) is 23.5 Å². The lowest BCUT2D eigenvalue weighted by atomic mass is 9.95. The number of aromatic nitrogens is 5. The summed E-state index contributed by atoms with van der Waals surface area (Å²) in [5.74, 6) is 4.27. The Hall–Kier alpha value is -7.23. The van der Waals surface area contributed by atoms with Crippen molar-refractivity contribution in [2.75, 3.05) is 44.8 Å². The molecule has 0 radical (unpaired) electrons. The highest BCUT2D eigenvalue weighted by Crippen LogP contribution is 2.35. The summed E-state index contributed by atoms with van der Waals surface area (Å²) in [5, 5.41) is 17.8. The van der Waals surface area contributed by atoms with E-state index in [0.717, 1.165) is 22.4 Å². The molecule has 4 aromatic carbocycles. The molecule has 1 fully saturated rings. The van der Waals surface area contributed by atoms with E-state index in [9.17, 15) is 23.2 Å². The van der Waals surface area contributed by atoms with Crippen molar-refractivity contribution in [2.45, 2.75) is 44.9 Å². The van der Waals surface area contributed by atoms with E-state index >= 15 is 0 Å². The molecule has 0 aliphatic carbocycles. The minimum Gasteiger partial charge on any atom is -0.378 e. The van der Waals surface area contributed by atoms with Crippen LogP contribution in [0.1, 0.15) is 57.4 Å². The van der Waals surface area contributed by atoms with E-state index in [0.29, 0.717) is 110 Å². The third kappa shape index (κ3) is 10.4. The molecule has 0 saturated carbocycles. The predicted octanol–water partition coefficient (Wildman–Crippen LogP) is 6.25. The number of carbonyl (C=O) groups excluding carboxylic acids is 3. The molecule has 3 aliphatic heterocycles. The molecule has 0 spiro atoms. The van der Waals surface area contributed by atoms with Gasteiger partial charge < -0.3 is 25.0 Å². The Labute approximate surface area is 389 Å². The zero-order valence-electron chi connectivity index (χ0n) is 36.0. The number of fused-ring (bicyclic) bond motifs is 4. The summed E-state index contributed by atoms with van der Waals surface area (Å²) < 4.78 is 43.0. The predicted molar refractivity (Wildman–Crippen MR) is 245 cm³/mol. The molecule has 340 valence electrons. The van der Waals surface area contributed by atoms with Crippen LogP contribution in [0.2, 0.25) is 5.02 Å². The minimum atomic E-state index is -0.721. The van der Waals surface area contributed by atoms with E-state index in [1.165, 1.54) is 23.1 Å². The number of hydrogen-bond acceptors (Lipinski definition) is 12. The van der Waals surface area contributed by atoms with E-state index in [-0.39, 0.29) is 36.1 Å². The van der Waals surface area contributed by atoms with Crippen molar-refractivity contribution in [3.8, 4) is 34.4 Å². The third-order valence-electron chi connectivity index (χ3n) is 11.4. The average molecular weight is 925 g/mol. The molecule has 3 amide bonds. The lowest BCUT2D eigenvalue weighted by Crippen LogP contribution is -2.52. The molecule has 0 bridgehead atoms. The Bertz CT molecular complexity index is 2930. The normalized spacial score (nSPS) is 15.2. The Morgan fingerprint density at radius 2 is 1.69 bits per heavy atom. The Kier molecular flexibility index (Phi) is 13.8. The van der Waals surface area contributed by atoms with E-state index in [4.69, 9.17) is 26.1 Å². The first kappa shape index (κ1) is 44.9. The number of aliphatic imine (C=N–C) groups is 1. The number of piperidine rings is 1. The summed E-state index contributed by atoms with van der Waals surface area (Å²) in [5.41, 5.74) is 6.80. The van der Waals surface area contributed by atoms with Crippen molar-refractivity contribution in [1.29, 1.82) is 0 Å². The van der Waals surface area contributed by atoms with Crippen molar-refractivity contribution >= 4 is 46.7 Å². The van der Waals surface area contributed by atoms with Gasteiger partial charge in [0.15, 0.2) is 0 Å². The Morgan fingerprint density at radius 1 is 0.881 bits per heavy atom. The zero-order valence-corrected chi connectivity index (χ0v) is 36.8. The first-order valence-corrected chi connectivity index (χ1v) is 22.1. The van der Waals surface area contributed by atoms with Gasteiger partial charge in [0.2, 0.25) is 17.8 Å². The average Bonchev–Trinajstić information content (AvgIpc) is 3.89. The van der Waals surface area contributed by atoms with Gasteiger partial charge in [0.1, 0.15) is 23.4 Å². The second kappa shape index (κ2) is 20.5. The van der Waals surface area contributed by atoms with Crippen molar-refractivity contribution in [2.24, 2.45) is 4.99 Å². The van der Waals surface area contributed by atoms with Crippen molar-refractivity contribution < 1.29 is 32.6 Å². The molecular formula is C49H43ClF2N10O5. The number of benzene rings is 4. The molecule has 1 saturated heterocycles. The molecule has 18 heteroatoms. The summed E-state index contributed by atoms with van der Waals surface area (Å²) in [6.07, 6.45) is 4.70. The molecule has 6 aromatic rings. The van der Waals surface area contributed by atoms with Crippen LogP contribution in [-0.4, -0.2) is 98.9 Å². The maximum Gasteiger partial charge on any atom is 0.255 e. The molecule has 15 nitrogen and oxygen atoms in total. The summed E-state index contributed by atoms with van der Waals surface area (Å²) in [6, 6.07) is 21.3. The van der Waals surface area contributed by atoms with Gasteiger partial charge in [-0.1, -0.05) is 52.9 Å². The lowest BCUT2D eigenvalue weighted by molar-refractivity contribution is -0.136. The van der Waals surface area contributed by atoms with Crippen molar-refractivity contribution in [3.05, 3.63) is 141 Å². The quantitative estimate of drug-likeness (QED) is 0.0568. The number of amides is 3. The summed E-state index contributed by atoms with van der Waals surface area (Å²) in [4.78, 5) is 52.2. The third-order valence-corrected chi connectivity index (χ3v) is 11.6. The highest BCUT2D eigenvalue weighted by Gasteiger charge is 2.39. The monoisotopic (exact) mass is 924 g/mol. The van der Waals surface area contributed by atoms with Gasteiger partial charge in [-0.3, -0.25) is 24.7 Å². The van der Waals surface area contributed by atoms with Crippen LogP contribution in [0.3, 0.4) is 0 Å². The number of rotatable bonds is 16. The Morgan fingerprint density at radius 3 is 2.51 bits per heavy atom. The minimum absolute atomic E-state index is 0.116. The largest absolute Gasteiger partial charge is 0.378 e. The molecule has 1 atom stereocenters. The van der Waals surface area contributed by atoms with E-state index < -0.39 is 23.6 Å². The molecular weight excluding hydrogens is 882 g/mol. The van der Waals surface area contributed by atoms with Gasteiger partial charge in [-0.2, -0.15) is 0 Å². The smallest absolute Gasteiger partial charge is 0.255 e. The van der Waals surface area contributed by atoms with Crippen LogP contribution >= 0.6 is 11.6 Å². The second-order valence-corrected chi connectivity index (χ2v) is 16.3. The van der Waals surface area contributed by atoms with Crippen LogP contribution in [-0.2, 0) is 38.7 Å². The lowest BCUT2D eigenvalue weighted by Gasteiger charge is -2.29. The Balaban J connectivity index is 0.669. The van der Waals surface area contributed by atoms with Crippen molar-refractivity contribution in [1.82, 2.24) is 40.5 Å². The fraction of sp³-hybridized carbons (Fsp3) is 0.265. The van der Waals surface area contributed by atoms with E-state index in [1.54, 1.807) is 35.1 Å². The van der Waals surface area contributed by atoms with Gasteiger partial charge in [0, 0.05) is 82.8 Å². The van der Waals surface area contributed by atoms with Gasteiger partial charge >= 0.3 is 0 Å². The molecule has 1 unspecified atom stereocenters. The zero-order chi connectivity index (χ0) is 46.3. The molecule has 3 aliphatic rings. The maximum atomic E-state index is 14.9. The molecule has 3 N–H and O–H groups in total.